The van der Waals surface area contributed by atoms with Crippen LogP contribution in [0.2, 0.25) is 0 Å². The van der Waals surface area contributed by atoms with Crippen molar-refractivity contribution in [3.8, 4) is 0 Å². The molecular formula is C10H17NO4. The molecule has 3 N–H and O–H groups in total. The summed E-state index contributed by atoms with van der Waals surface area (Å²) in [6, 6.07) is 0. The van der Waals surface area contributed by atoms with Crippen molar-refractivity contribution in [2.24, 2.45) is 0 Å². The third-order valence-electron chi connectivity index (χ3n) is 1.82. The number of carboxylic acid groups (broad SMARTS) is 2. The third-order valence-corrected chi connectivity index (χ3v) is 1.82. The van der Waals surface area contributed by atoms with Crippen molar-refractivity contribution in [2.45, 2.75) is 32.6 Å². The minimum Gasteiger partial charge on any atom is -0.480 e. The number of allylic oxidation sites excluding steroid dienone is 1. The molecule has 0 radical (unpaired) electrons. The Kier molecular flexibility index (Phi) is 7.05. The number of hydrogen-bond acceptors (Lipinski definition) is 3. The van der Waals surface area contributed by atoms with Gasteiger partial charge in [-0.25, -0.2) is 4.79 Å². The van der Waals surface area contributed by atoms with E-state index in [9.17, 15) is 9.59 Å². The third kappa shape index (κ3) is 7.54. The molecule has 0 aliphatic rings. The average Bonchev–Trinajstić information content (AvgIpc) is 2.15. The standard InChI is InChI=1S/C10H17NO4/c1-2-3-4-5-6-8(10(14)15)11-7-9(12)13/h6,11H,2-5,7H2,1H3,(H,12,13)(H,14,15)/b8-6+. The van der Waals surface area contributed by atoms with Gasteiger partial charge in [-0.3, -0.25) is 4.79 Å². The van der Waals surface area contributed by atoms with Gasteiger partial charge < -0.3 is 15.5 Å². The first-order valence-corrected chi connectivity index (χ1v) is 4.97. The highest BCUT2D eigenvalue weighted by atomic mass is 16.4. The lowest BCUT2D eigenvalue weighted by molar-refractivity contribution is -0.136. The highest BCUT2D eigenvalue weighted by Gasteiger charge is 2.07. The first-order valence-electron chi connectivity index (χ1n) is 4.97. The minimum atomic E-state index is -1.12. The van der Waals surface area contributed by atoms with E-state index in [1.54, 1.807) is 0 Å². The largest absolute Gasteiger partial charge is 0.480 e. The lowest BCUT2D eigenvalue weighted by Gasteiger charge is -2.03. The number of carboxylic acids is 2. The summed E-state index contributed by atoms with van der Waals surface area (Å²) in [5.74, 6) is -2.19. The van der Waals surface area contributed by atoms with E-state index in [-0.39, 0.29) is 12.2 Å². The van der Waals surface area contributed by atoms with Gasteiger partial charge in [0.25, 0.3) is 0 Å². The van der Waals surface area contributed by atoms with Crippen LogP contribution in [0, 0.1) is 0 Å². The Morgan fingerprint density at radius 2 is 1.93 bits per heavy atom. The monoisotopic (exact) mass is 215 g/mol. The Morgan fingerprint density at radius 3 is 2.40 bits per heavy atom. The maximum absolute atomic E-state index is 10.7. The van der Waals surface area contributed by atoms with Gasteiger partial charge >= 0.3 is 11.9 Å². The number of carbonyl (C=O) groups is 2. The Morgan fingerprint density at radius 1 is 1.27 bits per heavy atom. The summed E-state index contributed by atoms with van der Waals surface area (Å²) in [7, 11) is 0. The molecule has 0 aliphatic carbocycles. The zero-order chi connectivity index (χ0) is 11.7. The SMILES string of the molecule is CCCCC/C=C(/NCC(=O)O)C(=O)O. The molecule has 0 spiro atoms. The predicted octanol–water partition coefficient (Wildman–Crippen LogP) is 1.21. The predicted molar refractivity (Wildman–Crippen MR) is 55.5 cm³/mol. The van der Waals surface area contributed by atoms with Crippen molar-refractivity contribution < 1.29 is 19.8 Å². The minimum absolute atomic E-state index is 0.0338. The Balaban J connectivity index is 4.02. The van der Waals surface area contributed by atoms with E-state index in [4.69, 9.17) is 10.2 Å². The zero-order valence-corrected chi connectivity index (χ0v) is 8.82. The molecule has 0 aromatic rings. The van der Waals surface area contributed by atoms with Crippen LogP contribution in [0.4, 0.5) is 0 Å². The van der Waals surface area contributed by atoms with Crippen molar-refractivity contribution in [1.29, 1.82) is 0 Å². The van der Waals surface area contributed by atoms with Crippen LogP contribution in [0.15, 0.2) is 11.8 Å². The molecule has 0 fully saturated rings. The van der Waals surface area contributed by atoms with Crippen molar-refractivity contribution >= 4 is 11.9 Å². The molecule has 5 heteroatoms. The van der Waals surface area contributed by atoms with Crippen LogP contribution in [-0.4, -0.2) is 28.7 Å². The van der Waals surface area contributed by atoms with Gasteiger partial charge in [0.15, 0.2) is 0 Å². The smallest absolute Gasteiger partial charge is 0.351 e. The second kappa shape index (κ2) is 7.84. The number of nitrogens with one attached hydrogen (secondary N) is 1. The number of aliphatic carboxylic acids is 2. The molecule has 0 atom stereocenters. The first kappa shape index (κ1) is 13.5. The molecule has 0 amide bonds. The van der Waals surface area contributed by atoms with Gasteiger partial charge in [0, 0.05) is 0 Å². The van der Waals surface area contributed by atoms with Gasteiger partial charge in [-0.1, -0.05) is 25.8 Å². The molecule has 0 aliphatic heterocycles. The second-order valence-electron chi connectivity index (χ2n) is 3.17. The van der Waals surface area contributed by atoms with Gasteiger partial charge in [-0.05, 0) is 12.8 Å². The van der Waals surface area contributed by atoms with Crippen LogP contribution >= 0.6 is 0 Å². The summed E-state index contributed by atoms with van der Waals surface area (Å²) in [6.07, 6.45) is 5.21. The lowest BCUT2D eigenvalue weighted by atomic mass is 10.2. The van der Waals surface area contributed by atoms with Gasteiger partial charge in [-0.2, -0.15) is 0 Å². The van der Waals surface area contributed by atoms with Crippen LogP contribution in [-0.2, 0) is 9.59 Å². The maximum atomic E-state index is 10.7. The number of rotatable bonds is 8. The molecule has 5 nitrogen and oxygen atoms in total. The fourth-order valence-corrected chi connectivity index (χ4v) is 1.05. The van der Waals surface area contributed by atoms with E-state index in [1.165, 1.54) is 6.08 Å². The number of hydrogen-bond donors (Lipinski definition) is 3. The van der Waals surface area contributed by atoms with E-state index >= 15 is 0 Å². The summed E-state index contributed by atoms with van der Waals surface area (Å²) in [6.45, 7) is 1.69. The highest BCUT2D eigenvalue weighted by Crippen LogP contribution is 2.02. The van der Waals surface area contributed by atoms with Crippen molar-refractivity contribution in [3.63, 3.8) is 0 Å². The Bertz CT molecular complexity index is 248. The zero-order valence-electron chi connectivity index (χ0n) is 8.82. The van der Waals surface area contributed by atoms with Crippen molar-refractivity contribution in [2.75, 3.05) is 6.54 Å². The number of unbranched alkanes of at least 4 members (excludes halogenated alkanes) is 3. The second-order valence-corrected chi connectivity index (χ2v) is 3.17. The molecule has 86 valence electrons. The van der Waals surface area contributed by atoms with E-state index in [0.29, 0.717) is 6.42 Å². The first-order chi connectivity index (χ1) is 7.07. The van der Waals surface area contributed by atoms with Gasteiger partial charge in [0.2, 0.25) is 0 Å². The molecule has 0 aromatic carbocycles. The van der Waals surface area contributed by atoms with Crippen molar-refractivity contribution in [1.82, 2.24) is 5.32 Å². The molecule has 0 saturated heterocycles. The van der Waals surface area contributed by atoms with E-state index in [0.717, 1.165) is 19.3 Å². The van der Waals surface area contributed by atoms with E-state index < -0.39 is 11.9 Å². The van der Waals surface area contributed by atoms with Gasteiger partial charge in [0.05, 0.1) is 0 Å². The fraction of sp³-hybridized carbons (Fsp3) is 0.600. The van der Waals surface area contributed by atoms with Gasteiger partial charge in [0.1, 0.15) is 12.2 Å². The molecule has 0 aromatic heterocycles. The molecule has 0 bridgehead atoms. The summed E-state index contributed by atoms with van der Waals surface area (Å²) < 4.78 is 0. The van der Waals surface area contributed by atoms with Crippen LogP contribution in [0.5, 0.6) is 0 Å². The normalized spacial score (nSPS) is 11.1. The summed E-state index contributed by atoms with van der Waals surface area (Å²) >= 11 is 0. The molecule has 0 heterocycles. The average molecular weight is 215 g/mol. The van der Waals surface area contributed by atoms with Crippen LogP contribution < -0.4 is 5.32 Å². The lowest BCUT2D eigenvalue weighted by Crippen LogP contribution is -2.26. The summed E-state index contributed by atoms with van der Waals surface area (Å²) in [5.41, 5.74) is -0.0338. The summed E-state index contributed by atoms with van der Waals surface area (Å²) in [5, 5.41) is 19.4. The molecule has 15 heavy (non-hydrogen) atoms. The van der Waals surface area contributed by atoms with E-state index in [2.05, 4.69) is 12.2 Å². The Labute approximate surface area is 88.8 Å². The van der Waals surface area contributed by atoms with E-state index in [1.807, 2.05) is 0 Å². The van der Waals surface area contributed by atoms with Crippen LogP contribution in [0.25, 0.3) is 0 Å². The maximum Gasteiger partial charge on any atom is 0.351 e. The van der Waals surface area contributed by atoms with Crippen LogP contribution in [0.1, 0.15) is 32.6 Å². The molecule has 0 unspecified atom stereocenters. The van der Waals surface area contributed by atoms with Crippen LogP contribution in [0.3, 0.4) is 0 Å². The van der Waals surface area contributed by atoms with Gasteiger partial charge in [-0.15, -0.1) is 0 Å². The fourth-order valence-electron chi connectivity index (χ4n) is 1.05. The topological polar surface area (TPSA) is 86.6 Å². The quantitative estimate of drug-likeness (QED) is 0.418. The molecule has 0 rings (SSSR count). The highest BCUT2D eigenvalue weighted by molar-refractivity contribution is 5.86. The summed E-state index contributed by atoms with van der Waals surface area (Å²) in [4.78, 5) is 20.9. The Hall–Kier alpha value is -1.52. The van der Waals surface area contributed by atoms with Crippen molar-refractivity contribution in [3.05, 3.63) is 11.8 Å². The molecular weight excluding hydrogens is 198 g/mol. The molecule has 0 saturated carbocycles.